The number of halogens is 5. The number of aliphatic imine (C=N–C) groups is 1. The number of carboxylic acids is 1. The Bertz CT molecular complexity index is 2880. The lowest BCUT2D eigenvalue weighted by Gasteiger charge is -2.31. The van der Waals surface area contributed by atoms with Crippen LogP contribution in [0.1, 0.15) is 109 Å². The molecule has 2 heterocycles. The van der Waals surface area contributed by atoms with Crippen molar-refractivity contribution in [2.24, 2.45) is 40.5 Å². The Balaban J connectivity index is 0.000000304. The van der Waals surface area contributed by atoms with Crippen molar-refractivity contribution < 1.29 is 56.6 Å². The van der Waals surface area contributed by atoms with Crippen molar-refractivity contribution >= 4 is 81.6 Å². The average Bonchev–Trinajstić information content (AvgIpc) is 3.78. The van der Waals surface area contributed by atoms with Crippen LogP contribution in [0.15, 0.2) is 139 Å². The molecule has 0 spiro atoms. The van der Waals surface area contributed by atoms with Crippen LogP contribution in [0.25, 0.3) is 0 Å². The molecule has 4 amide bonds. The highest BCUT2D eigenvalue weighted by atomic mass is 35.5. The lowest BCUT2D eigenvalue weighted by molar-refractivity contribution is -0.169. The minimum atomic E-state index is -4.92. The summed E-state index contributed by atoms with van der Waals surface area (Å²) >= 11 is 9.22. The minimum absolute atomic E-state index is 0.0787. The predicted molar refractivity (Wildman–Crippen MR) is 311 cm³/mol. The van der Waals surface area contributed by atoms with E-state index in [1.807, 2.05) is 146 Å². The van der Waals surface area contributed by atoms with Crippen LogP contribution in [0.5, 0.6) is 0 Å². The third-order valence-electron chi connectivity index (χ3n) is 13.4. The van der Waals surface area contributed by atoms with E-state index in [0.717, 1.165) is 27.9 Å². The van der Waals surface area contributed by atoms with Crippen LogP contribution in [-0.4, -0.2) is 95.1 Å². The SMILES string of the molecule is C=CC[C@H](C(=O)O)[C@@H](CC(C)C)C(=O)NC1N=C(c2ccccc2)c2ccccc2N(C)C1=O.C=CC[C@H](C(=O)OC(C)(C)C)[C@@H](CC(C)C)C(=O)NC1CC(c2ccccc2)c2ccccc2N(C)C1=O.O=C(C(Cl)Cl)C(F)(F)F. The van der Waals surface area contributed by atoms with E-state index in [0.29, 0.717) is 37.1 Å². The number of carboxylic acid groups (broad SMARTS) is 1. The number of Topliss-reactive ketones (excluding diaryl/α,β-unsaturated/α-hetero) is 1. The summed E-state index contributed by atoms with van der Waals surface area (Å²) in [6.45, 7) is 20.8. The summed E-state index contributed by atoms with van der Waals surface area (Å²) in [6, 6.07) is 34.1. The zero-order valence-electron chi connectivity index (χ0n) is 47.2. The van der Waals surface area contributed by atoms with Crippen LogP contribution in [0.3, 0.4) is 0 Å². The smallest absolute Gasteiger partial charge is 0.452 e. The molecule has 3 N–H and O–H groups in total. The fraction of sp³-hybridized carbons (Fsp3) is 0.419. The van der Waals surface area contributed by atoms with Gasteiger partial charge in [-0.1, -0.05) is 160 Å². The molecule has 3 unspecified atom stereocenters. The van der Waals surface area contributed by atoms with E-state index in [1.54, 1.807) is 25.1 Å². The number of ether oxygens (including phenoxy) is 1. The second-order valence-corrected chi connectivity index (χ2v) is 22.7. The molecule has 2 aliphatic heterocycles. The molecular formula is C62H74Cl2F3N5O9. The van der Waals surface area contributed by atoms with Crippen molar-refractivity contribution in [2.45, 2.75) is 115 Å². The molecule has 4 aromatic rings. The van der Waals surface area contributed by atoms with Crippen LogP contribution in [0, 0.1) is 35.5 Å². The highest BCUT2D eigenvalue weighted by Crippen LogP contribution is 2.39. The van der Waals surface area contributed by atoms with E-state index in [9.17, 15) is 51.8 Å². The molecule has 436 valence electrons. The predicted octanol–water partition coefficient (Wildman–Crippen LogP) is 11.7. The van der Waals surface area contributed by atoms with Crippen molar-refractivity contribution in [1.82, 2.24) is 10.6 Å². The van der Waals surface area contributed by atoms with Crippen LogP contribution < -0.4 is 20.4 Å². The number of nitrogens with one attached hydrogen (secondary N) is 2. The number of benzodiazepines with no additional fused rings is 1. The van der Waals surface area contributed by atoms with E-state index in [4.69, 9.17) is 9.73 Å². The number of esters is 1. The lowest BCUT2D eigenvalue weighted by Crippen LogP contribution is -2.50. The first kappa shape index (κ1) is 66.4. The molecule has 4 aromatic carbocycles. The Morgan fingerprint density at radius 2 is 1.19 bits per heavy atom. The summed E-state index contributed by atoms with van der Waals surface area (Å²) in [6.07, 6.45) is -1.21. The van der Waals surface area contributed by atoms with Crippen molar-refractivity contribution in [2.75, 3.05) is 23.9 Å². The van der Waals surface area contributed by atoms with E-state index < -0.39 is 82.0 Å². The number of likely N-dealkylation sites (N-methyl/N-ethyl adjacent to an activating group) is 2. The number of fused-ring (bicyclic) bond motifs is 2. The monoisotopic (exact) mass is 1160 g/mol. The number of aliphatic carboxylic acids is 1. The van der Waals surface area contributed by atoms with Crippen molar-refractivity contribution in [3.8, 4) is 0 Å². The molecule has 81 heavy (non-hydrogen) atoms. The normalized spacial score (nSPS) is 17.6. The van der Waals surface area contributed by atoms with Crippen LogP contribution in [0.4, 0.5) is 24.5 Å². The van der Waals surface area contributed by atoms with E-state index in [-0.39, 0.29) is 36.0 Å². The fourth-order valence-electron chi connectivity index (χ4n) is 9.63. The van der Waals surface area contributed by atoms with Crippen molar-refractivity contribution in [3.63, 3.8) is 0 Å². The average molecular weight is 1160 g/mol. The first-order chi connectivity index (χ1) is 38.0. The van der Waals surface area contributed by atoms with Gasteiger partial charge < -0.3 is 30.3 Å². The summed E-state index contributed by atoms with van der Waals surface area (Å²) in [5, 5.41) is 15.6. The number of hydrogen-bond donors (Lipinski definition) is 3. The van der Waals surface area contributed by atoms with E-state index in [2.05, 4.69) is 59.1 Å². The number of rotatable bonds is 19. The number of para-hydroxylation sites is 2. The Morgan fingerprint density at radius 1 is 0.704 bits per heavy atom. The summed E-state index contributed by atoms with van der Waals surface area (Å²) < 4.78 is 39.2. The third kappa shape index (κ3) is 18.7. The van der Waals surface area contributed by atoms with Gasteiger partial charge in [0.25, 0.3) is 11.7 Å². The highest BCUT2D eigenvalue weighted by Gasteiger charge is 2.43. The lowest BCUT2D eigenvalue weighted by atomic mass is 9.81. The molecule has 0 aliphatic carbocycles. The highest BCUT2D eigenvalue weighted by molar-refractivity contribution is 6.54. The molecule has 2 aliphatic rings. The summed E-state index contributed by atoms with van der Waals surface area (Å²) in [5.41, 5.74) is 5.13. The van der Waals surface area contributed by atoms with Crippen LogP contribution >= 0.6 is 23.2 Å². The van der Waals surface area contributed by atoms with Gasteiger partial charge in [0.2, 0.25) is 23.9 Å². The first-order valence-corrected chi connectivity index (χ1v) is 27.5. The Hall–Kier alpha value is -7.11. The molecule has 0 saturated carbocycles. The number of carbonyl (C=O) groups is 7. The number of hydrogen-bond acceptors (Lipinski definition) is 9. The molecule has 0 fully saturated rings. The number of carbonyl (C=O) groups excluding carboxylic acids is 6. The first-order valence-electron chi connectivity index (χ1n) is 26.6. The number of benzene rings is 4. The van der Waals surface area contributed by atoms with Crippen molar-refractivity contribution in [1.29, 1.82) is 0 Å². The van der Waals surface area contributed by atoms with Gasteiger partial charge in [0.05, 0.1) is 35.1 Å². The number of ketones is 1. The number of nitrogens with zero attached hydrogens (tertiary/aromatic N) is 3. The van der Waals surface area contributed by atoms with Gasteiger partial charge in [-0.05, 0) is 88.0 Å². The molecule has 19 heteroatoms. The zero-order valence-corrected chi connectivity index (χ0v) is 48.7. The third-order valence-corrected chi connectivity index (χ3v) is 13.8. The molecular weight excluding hydrogens is 1090 g/mol. The summed E-state index contributed by atoms with van der Waals surface area (Å²) in [5.74, 6) is -7.93. The van der Waals surface area contributed by atoms with Crippen molar-refractivity contribution in [3.05, 3.63) is 157 Å². The number of anilines is 2. The maximum atomic E-state index is 13.9. The van der Waals surface area contributed by atoms with Gasteiger partial charge in [0, 0.05) is 36.8 Å². The summed E-state index contributed by atoms with van der Waals surface area (Å²) in [4.78, 5) is 95.1. The van der Waals surface area contributed by atoms with Crippen LogP contribution in [0.2, 0.25) is 0 Å². The van der Waals surface area contributed by atoms with Gasteiger partial charge in [0.1, 0.15) is 11.6 Å². The molecule has 0 saturated heterocycles. The van der Waals surface area contributed by atoms with E-state index >= 15 is 0 Å². The quantitative estimate of drug-likeness (QED) is 0.0466. The number of allylic oxidation sites excluding steroid dienone is 2. The molecule has 0 aromatic heterocycles. The molecule has 7 atom stereocenters. The molecule has 6 rings (SSSR count). The largest absolute Gasteiger partial charge is 0.481 e. The molecule has 0 bridgehead atoms. The standard InChI is InChI=1S/C32H42N2O4.C27H31N3O4.C3HCl2F3O/c1-8-14-24(31(37)38-32(4,5)6)26(19-21(2)3)29(35)33-27-20-25(22-15-10-9-11-16-22)23-17-12-13-18-28(23)34(7)30(27)36;1-5-11-19(27(33)34)21(16-17(2)3)25(31)29-24-26(32)30(4)22-15-10-9-14-20(22)23(28-24)18-12-7-6-8-13-18;4-2(5)1(9)3(6,7)8/h8-13,15-18,21,24-27H,1,14,19-20H2,2-7H3,(H,33,35);5-10,12-15,17,19,21,24H,1,11,16H2,2-4H3,(H,29,31)(H,33,34);2H/t24-,25?,26+,27?;19-,21+,24?;/m00./s1. The van der Waals surface area contributed by atoms with Gasteiger partial charge in [-0.15, -0.1) is 13.2 Å². The second kappa shape index (κ2) is 30.1. The Kier molecular flexibility index (Phi) is 24.7. The van der Waals surface area contributed by atoms with Gasteiger partial charge >= 0.3 is 18.1 Å². The second-order valence-electron chi connectivity index (χ2n) is 21.7. The summed E-state index contributed by atoms with van der Waals surface area (Å²) in [7, 11) is 3.40. The molecule has 14 nitrogen and oxygen atoms in total. The Labute approximate surface area is 483 Å². The molecule has 0 radical (unpaired) electrons. The van der Waals surface area contributed by atoms with Gasteiger partial charge in [0.15, 0.2) is 4.84 Å². The maximum Gasteiger partial charge on any atom is 0.452 e. The van der Waals surface area contributed by atoms with E-state index in [1.165, 1.54) is 11.0 Å². The Morgan fingerprint density at radius 3 is 1.69 bits per heavy atom. The topological polar surface area (TPSA) is 192 Å². The van der Waals surface area contributed by atoms with Gasteiger partial charge in [-0.3, -0.25) is 33.6 Å². The minimum Gasteiger partial charge on any atom is -0.481 e. The van der Waals surface area contributed by atoms with Gasteiger partial charge in [-0.2, -0.15) is 13.2 Å². The maximum absolute atomic E-state index is 13.9. The van der Waals surface area contributed by atoms with Gasteiger partial charge in [-0.25, -0.2) is 4.99 Å². The zero-order chi connectivity index (χ0) is 60.5. The number of amides is 4. The van der Waals surface area contributed by atoms with Crippen LogP contribution in [-0.2, 0) is 38.3 Å². The number of alkyl halides is 5. The fourth-order valence-corrected chi connectivity index (χ4v) is 9.88.